The maximum absolute atomic E-state index is 12.6. The highest BCUT2D eigenvalue weighted by atomic mass is 35.5. The minimum absolute atomic E-state index is 0.0638. The highest BCUT2D eigenvalue weighted by Gasteiger charge is 2.29. The first-order valence-electron chi connectivity index (χ1n) is 8.71. The zero-order valence-electron chi connectivity index (χ0n) is 15.1. The summed E-state index contributed by atoms with van der Waals surface area (Å²) in [6, 6.07) is 13.9. The van der Waals surface area contributed by atoms with Gasteiger partial charge in [0.15, 0.2) is 0 Å². The van der Waals surface area contributed by atoms with Crippen LogP contribution < -0.4 is 5.32 Å². The number of nitrogens with one attached hydrogen (secondary N) is 1. The Labute approximate surface area is 164 Å². The number of benzene rings is 2. The lowest BCUT2D eigenvalue weighted by molar-refractivity contribution is -0.130. The van der Waals surface area contributed by atoms with E-state index in [0.717, 1.165) is 11.3 Å². The summed E-state index contributed by atoms with van der Waals surface area (Å²) in [4.78, 5) is 14.4. The lowest BCUT2D eigenvalue weighted by atomic mass is 10.2. The summed E-state index contributed by atoms with van der Waals surface area (Å²) >= 11 is 6.09. The van der Waals surface area contributed by atoms with Gasteiger partial charge in [-0.25, -0.2) is 8.42 Å². The summed E-state index contributed by atoms with van der Waals surface area (Å²) in [5.74, 6) is -0.0638. The Hall–Kier alpha value is -2.09. The Kier molecular flexibility index (Phi) is 6.04. The van der Waals surface area contributed by atoms with Crippen LogP contribution in [0.25, 0.3) is 0 Å². The fourth-order valence-electron chi connectivity index (χ4n) is 3.00. The largest absolute Gasteiger partial charge is 0.376 e. The van der Waals surface area contributed by atoms with Crippen molar-refractivity contribution in [2.24, 2.45) is 0 Å². The topological polar surface area (TPSA) is 69.7 Å². The minimum atomic E-state index is -3.51. The van der Waals surface area contributed by atoms with Crippen LogP contribution in [0.3, 0.4) is 0 Å². The highest BCUT2D eigenvalue weighted by molar-refractivity contribution is 7.89. The molecule has 1 saturated heterocycles. The van der Waals surface area contributed by atoms with Gasteiger partial charge in [-0.1, -0.05) is 35.9 Å². The van der Waals surface area contributed by atoms with Crippen LogP contribution in [0.4, 0.5) is 5.69 Å². The molecule has 0 saturated carbocycles. The minimum Gasteiger partial charge on any atom is -0.376 e. The molecule has 1 N–H and O–H groups in total. The van der Waals surface area contributed by atoms with Crippen LogP contribution in [0.15, 0.2) is 53.4 Å². The number of amides is 1. The van der Waals surface area contributed by atoms with Crippen molar-refractivity contribution in [3.63, 3.8) is 0 Å². The molecule has 1 aliphatic rings. The van der Waals surface area contributed by atoms with E-state index in [1.54, 1.807) is 41.3 Å². The lowest BCUT2D eigenvalue weighted by Gasteiger charge is -2.34. The van der Waals surface area contributed by atoms with Gasteiger partial charge in [-0.2, -0.15) is 4.31 Å². The molecule has 0 bridgehead atoms. The van der Waals surface area contributed by atoms with Crippen molar-refractivity contribution >= 4 is 33.2 Å². The number of hydrogen-bond acceptors (Lipinski definition) is 4. The molecule has 0 spiro atoms. The Morgan fingerprint density at radius 2 is 1.70 bits per heavy atom. The van der Waals surface area contributed by atoms with E-state index < -0.39 is 10.0 Å². The molecule has 0 aliphatic carbocycles. The van der Waals surface area contributed by atoms with Gasteiger partial charge in [0.1, 0.15) is 0 Å². The fraction of sp³-hybridized carbons (Fsp3) is 0.316. The Morgan fingerprint density at radius 1 is 1.04 bits per heavy atom. The zero-order chi connectivity index (χ0) is 19.4. The van der Waals surface area contributed by atoms with Gasteiger partial charge in [-0.3, -0.25) is 4.79 Å². The molecule has 144 valence electrons. The molecule has 2 aromatic carbocycles. The van der Waals surface area contributed by atoms with Gasteiger partial charge in [0, 0.05) is 36.9 Å². The number of carbonyl (C=O) groups is 1. The molecule has 1 amide bonds. The Morgan fingerprint density at radius 3 is 2.37 bits per heavy atom. The molecule has 0 radical (unpaired) electrons. The zero-order valence-corrected chi connectivity index (χ0v) is 16.6. The molecule has 1 heterocycles. The second kappa shape index (κ2) is 8.29. The number of rotatable bonds is 5. The van der Waals surface area contributed by atoms with E-state index in [4.69, 9.17) is 11.6 Å². The van der Waals surface area contributed by atoms with Gasteiger partial charge in [0.25, 0.3) is 0 Å². The van der Waals surface area contributed by atoms with Crippen molar-refractivity contribution in [1.82, 2.24) is 9.21 Å². The number of piperazine rings is 1. The molecule has 6 nitrogen and oxygen atoms in total. The standard InChI is InChI=1S/C19H22ClN3O3S/c1-15-17(20)8-5-9-18(15)21-14-19(24)22-10-12-23(13-11-22)27(25,26)16-6-3-2-4-7-16/h2-9,21H,10-14H2,1H3. The van der Waals surface area contributed by atoms with E-state index >= 15 is 0 Å². The van der Waals surface area contributed by atoms with Crippen molar-refractivity contribution in [3.8, 4) is 0 Å². The van der Waals surface area contributed by atoms with Crippen LogP contribution in [0.5, 0.6) is 0 Å². The van der Waals surface area contributed by atoms with Crippen LogP contribution in [-0.2, 0) is 14.8 Å². The van der Waals surface area contributed by atoms with Gasteiger partial charge < -0.3 is 10.2 Å². The van der Waals surface area contributed by atoms with Crippen molar-refractivity contribution in [1.29, 1.82) is 0 Å². The maximum atomic E-state index is 12.6. The number of halogens is 1. The van der Waals surface area contributed by atoms with Crippen molar-refractivity contribution in [2.75, 3.05) is 38.0 Å². The van der Waals surface area contributed by atoms with E-state index in [0.29, 0.717) is 31.2 Å². The predicted octanol–water partition coefficient (Wildman–Crippen LogP) is 2.59. The fourth-order valence-corrected chi connectivity index (χ4v) is 4.62. The molecule has 1 fully saturated rings. The predicted molar refractivity (Wildman–Crippen MR) is 106 cm³/mol. The SMILES string of the molecule is Cc1c(Cl)cccc1NCC(=O)N1CCN(S(=O)(=O)c2ccccc2)CC1. The Bertz CT molecular complexity index is 911. The summed E-state index contributed by atoms with van der Waals surface area (Å²) in [6.07, 6.45) is 0. The average molecular weight is 408 g/mol. The van der Waals surface area contributed by atoms with Crippen LogP contribution in [0.2, 0.25) is 5.02 Å². The third-order valence-electron chi connectivity index (χ3n) is 4.67. The number of carbonyl (C=O) groups excluding carboxylic acids is 1. The third kappa shape index (κ3) is 4.43. The average Bonchev–Trinajstić information content (AvgIpc) is 2.69. The first-order chi connectivity index (χ1) is 12.9. The second-order valence-electron chi connectivity index (χ2n) is 6.36. The second-order valence-corrected chi connectivity index (χ2v) is 8.71. The molecule has 8 heteroatoms. The first kappa shape index (κ1) is 19.7. The Balaban J connectivity index is 1.56. The smallest absolute Gasteiger partial charge is 0.243 e. The molecule has 0 aromatic heterocycles. The third-order valence-corrected chi connectivity index (χ3v) is 6.99. The molecular weight excluding hydrogens is 386 g/mol. The van der Waals surface area contributed by atoms with Gasteiger partial charge in [-0.15, -0.1) is 0 Å². The van der Waals surface area contributed by atoms with Crippen LogP contribution >= 0.6 is 11.6 Å². The molecule has 0 atom stereocenters. The first-order valence-corrected chi connectivity index (χ1v) is 10.5. The summed E-state index contributed by atoms with van der Waals surface area (Å²) in [5.41, 5.74) is 1.71. The monoisotopic (exact) mass is 407 g/mol. The molecule has 0 unspecified atom stereocenters. The van der Waals surface area contributed by atoms with Crippen LogP contribution in [0, 0.1) is 6.92 Å². The summed E-state index contributed by atoms with van der Waals surface area (Å²) in [6.45, 7) is 3.37. The molecule has 1 aliphatic heterocycles. The molecular formula is C19H22ClN3O3S. The number of hydrogen-bond donors (Lipinski definition) is 1. The quantitative estimate of drug-likeness (QED) is 0.827. The van der Waals surface area contributed by atoms with Gasteiger partial charge in [0.05, 0.1) is 11.4 Å². The van der Waals surface area contributed by atoms with Crippen LogP contribution in [-0.4, -0.2) is 56.3 Å². The maximum Gasteiger partial charge on any atom is 0.243 e. The van der Waals surface area contributed by atoms with E-state index in [1.807, 2.05) is 19.1 Å². The van der Waals surface area contributed by atoms with Gasteiger partial charge >= 0.3 is 0 Å². The molecule has 27 heavy (non-hydrogen) atoms. The molecule has 2 aromatic rings. The number of sulfonamides is 1. The molecule has 3 rings (SSSR count). The van der Waals surface area contributed by atoms with Crippen molar-refractivity contribution < 1.29 is 13.2 Å². The highest BCUT2D eigenvalue weighted by Crippen LogP contribution is 2.23. The van der Waals surface area contributed by atoms with E-state index in [9.17, 15) is 13.2 Å². The summed E-state index contributed by atoms with van der Waals surface area (Å²) < 4.78 is 26.7. The van der Waals surface area contributed by atoms with Crippen molar-refractivity contribution in [3.05, 3.63) is 59.1 Å². The van der Waals surface area contributed by atoms with E-state index in [2.05, 4.69) is 5.32 Å². The van der Waals surface area contributed by atoms with E-state index in [1.165, 1.54) is 4.31 Å². The van der Waals surface area contributed by atoms with Gasteiger partial charge in [-0.05, 0) is 36.8 Å². The van der Waals surface area contributed by atoms with Crippen molar-refractivity contribution in [2.45, 2.75) is 11.8 Å². The van der Waals surface area contributed by atoms with Crippen LogP contribution in [0.1, 0.15) is 5.56 Å². The lowest BCUT2D eigenvalue weighted by Crippen LogP contribution is -2.51. The number of nitrogens with zero attached hydrogens (tertiary/aromatic N) is 2. The summed E-state index contributed by atoms with van der Waals surface area (Å²) in [7, 11) is -3.51. The number of anilines is 1. The van der Waals surface area contributed by atoms with E-state index in [-0.39, 0.29) is 17.3 Å². The normalized spacial score (nSPS) is 15.6. The van der Waals surface area contributed by atoms with Gasteiger partial charge in [0.2, 0.25) is 15.9 Å². The summed E-state index contributed by atoms with van der Waals surface area (Å²) in [5, 5.41) is 3.76.